The van der Waals surface area contributed by atoms with Crippen LogP contribution < -0.4 is 5.32 Å². The van der Waals surface area contributed by atoms with Crippen molar-refractivity contribution in [2.24, 2.45) is 0 Å². The molecule has 0 bridgehead atoms. The standard InChI is InChI=1S/C27H23F3N4O3S/c1-15-11-20(33-23(12-15)34-22-13-16(8-10-31-22)27(28,29)30)21-14-32-25(38-21)26(36)9-4-6-17-18(24(35)37-2)5-3-7-19(17)26/h3,5,7-8,10-14,36H,4,6,9H2,1-2H3,(H,31,33,34)/t26-/m1/s1. The topological polar surface area (TPSA) is 97.2 Å². The van der Waals surface area contributed by atoms with Gasteiger partial charge < -0.3 is 15.2 Å². The van der Waals surface area contributed by atoms with E-state index in [1.807, 2.05) is 13.0 Å². The number of pyridine rings is 2. The minimum absolute atomic E-state index is 0.0170. The Balaban J connectivity index is 1.47. The number of hydrogen-bond donors (Lipinski definition) is 2. The largest absolute Gasteiger partial charge is 0.465 e. The third kappa shape index (κ3) is 4.86. The fourth-order valence-corrected chi connectivity index (χ4v) is 5.68. The molecular formula is C27H23F3N4O3S. The molecule has 0 saturated heterocycles. The highest BCUT2D eigenvalue weighted by Gasteiger charge is 2.40. The number of anilines is 2. The number of rotatable bonds is 5. The number of aromatic nitrogens is 3. The van der Waals surface area contributed by atoms with Gasteiger partial charge in [0.25, 0.3) is 0 Å². The molecule has 0 radical (unpaired) electrons. The van der Waals surface area contributed by atoms with E-state index in [1.54, 1.807) is 30.5 Å². The number of methoxy groups -OCH3 is 1. The smallest absolute Gasteiger partial charge is 0.416 e. The van der Waals surface area contributed by atoms with Crippen LogP contribution in [0.4, 0.5) is 24.8 Å². The summed E-state index contributed by atoms with van der Waals surface area (Å²) < 4.78 is 44.2. The molecule has 5 rings (SSSR count). The normalized spacial score (nSPS) is 17.1. The Hall–Kier alpha value is -3.83. The van der Waals surface area contributed by atoms with Crippen LogP contribution in [0.2, 0.25) is 0 Å². The molecule has 4 aromatic rings. The van der Waals surface area contributed by atoms with Crippen molar-refractivity contribution in [3.63, 3.8) is 0 Å². The maximum absolute atomic E-state index is 13.1. The predicted molar refractivity (Wildman–Crippen MR) is 136 cm³/mol. The number of fused-ring (bicyclic) bond motifs is 1. The molecule has 0 saturated carbocycles. The summed E-state index contributed by atoms with van der Waals surface area (Å²) in [5.74, 6) is -0.111. The Kier molecular flexibility index (Phi) is 6.66. The van der Waals surface area contributed by atoms with E-state index < -0.39 is 23.3 Å². The maximum atomic E-state index is 13.1. The zero-order chi connectivity index (χ0) is 27.1. The number of carbonyl (C=O) groups is 1. The summed E-state index contributed by atoms with van der Waals surface area (Å²) in [4.78, 5) is 26.0. The number of nitrogens with zero attached hydrogens (tertiary/aromatic N) is 3. The van der Waals surface area contributed by atoms with Crippen molar-refractivity contribution >= 4 is 28.9 Å². The molecule has 0 amide bonds. The fraction of sp³-hybridized carbons (Fsp3) is 0.259. The van der Waals surface area contributed by atoms with Crippen LogP contribution in [-0.2, 0) is 22.9 Å². The van der Waals surface area contributed by atoms with E-state index in [0.717, 1.165) is 29.5 Å². The van der Waals surface area contributed by atoms with Crippen LogP contribution in [0.1, 0.15) is 50.5 Å². The Morgan fingerprint density at radius 1 is 1.16 bits per heavy atom. The molecule has 7 nitrogen and oxygen atoms in total. The van der Waals surface area contributed by atoms with Gasteiger partial charge in [-0.1, -0.05) is 12.1 Å². The lowest BCUT2D eigenvalue weighted by molar-refractivity contribution is -0.137. The highest BCUT2D eigenvalue weighted by Crippen LogP contribution is 2.44. The highest BCUT2D eigenvalue weighted by molar-refractivity contribution is 7.15. The molecule has 3 heterocycles. The lowest BCUT2D eigenvalue weighted by Crippen LogP contribution is -2.32. The number of esters is 1. The first kappa shape index (κ1) is 25.8. The zero-order valence-corrected chi connectivity index (χ0v) is 21.3. The van der Waals surface area contributed by atoms with Crippen LogP contribution >= 0.6 is 11.3 Å². The first-order valence-corrected chi connectivity index (χ1v) is 12.6. The molecular weight excluding hydrogens is 517 g/mol. The molecule has 11 heteroatoms. The number of ether oxygens (including phenoxy) is 1. The molecule has 0 unspecified atom stereocenters. The zero-order valence-electron chi connectivity index (χ0n) is 20.5. The quantitative estimate of drug-likeness (QED) is 0.298. The lowest BCUT2D eigenvalue weighted by Gasteiger charge is -2.33. The summed E-state index contributed by atoms with van der Waals surface area (Å²) in [6.45, 7) is 1.84. The van der Waals surface area contributed by atoms with Crippen molar-refractivity contribution in [3.8, 4) is 10.6 Å². The van der Waals surface area contributed by atoms with Crippen molar-refractivity contribution in [1.29, 1.82) is 0 Å². The van der Waals surface area contributed by atoms with E-state index in [4.69, 9.17) is 4.74 Å². The van der Waals surface area contributed by atoms with Gasteiger partial charge in [0, 0.05) is 12.4 Å². The van der Waals surface area contributed by atoms with E-state index in [1.165, 1.54) is 18.4 Å². The number of carbonyl (C=O) groups excluding carboxylic acids is 1. The van der Waals surface area contributed by atoms with Gasteiger partial charge >= 0.3 is 12.1 Å². The average molecular weight is 541 g/mol. The van der Waals surface area contributed by atoms with Crippen molar-refractivity contribution < 1.29 is 27.8 Å². The van der Waals surface area contributed by atoms with E-state index >= 15 is 0 Å². The molecule has 1 aromatic carbocycles. The van der Waals surface area contributed by atoms with Crippen molar-refractivity contribution in [1.82, 2.24) is 15.0 Å². The van der Waals surface area contributed by atoms with Crippen molar-refractivity contribution in [2.75, 3.05) is 12.4 Å². The summed E-state index contributed by atoms with van der Waals surface area (Å²) in [7, 11) is 1.32. The molecule has 196 valence electrons. The second-order valence-corrected chi connectivity index (χ2v) is 10.1. The van der Waals surface area contributed by atoms with Crippen molar-refractivity contribution in [2.45, 2.75) is 38.0 Å². The number of aliphatic hydroxyl groups is 1. The minimum Gasteiger partial charge on any atom is -0.465 e. The predicted octanol–water partition coefficient (Wildman–Crippen LogP) is 6.03. The Morgan fingerprint density at radius 3 is 2.74 bits per heavy atom. The van der Waals surface area contributed by atoms with Crippen LogP contribution in [0, 0.1) is 6.92 Å². The molecule has 0 spiro atoms. The van der Waals surface area contributed by atoms with Crippen molar-refractivity contribution in [3.05, 3.63) is 87.7 Å². The summed E-state index contributed by atoms with van der Waals surface area (Å²) >= 11 is 1.27. The number of thiazole rings is 1. The first-order chi connectivity index (χ1) is 18.1. The van der Waals surface area contributed by atoms with Crippen LogP contribution in [-0.4, -0.2) is 33.1 Å². The fourth-order valence-electron chi connectivity index (χ4n) is 4.67. The van der Waals surface area contributed by atoms with E-state index in [2.05, 4.69) is 20.3 Å². The Bertz CT molecular complexity index is 1520. The third-order valence-corrected chi connectivity index (χ3v) is 7.59. The van der Waals surface area contributed by atoms with Gasteiger partial charge in [-0.05, 0) is 73.2 Å². The van der Waals surface area contributed by atoms with E-state index in [-0.39, 0.29) is 5.82 Å². The summed E-state index contributed by atoms with van der Waals surface area (Å²) in [6.07, 6.45) is -0.0471. The second-order valence-electron chi connectivity index (χ2n) is 9.03. The van der Waals surface area contributed by atoms with Gasteiger partial charge in [0.15, 0.2) is 0 Å². The average Bonchev–Trinajstić information content (AvgIpc) is 3.39. The minimum atomic E-state index is -4.49. The lowest BCUT2D eigenvalue weighted by atomic mass is 9.77. The molecule has 3 aromatic heterocycles. The Labute approximate surface area is 220 Å². The maximum Gasteiger partial charge on any atom is 0.416 e. The molecule has 1 atom stereocenters. The van der Waals surface area contributed by atoms with E-state index in [9.17, 15) is 23.1 Å². The van der Waals surface area contributed by atoms with Crippen LogP contribution in [0.3, 0.4) is 0 Å². The van der Waals surface area contributed by atoms with Crippen LogP contribution in [0.25, 0.3) is 10.6 Å². The molecule has 2 N–H and O–H groups in total. The molecule has 0 fully saturated rings. The Morgan fingerprint density at radius 2 is 1.97 bits per heavy atom. The highest BCUT2D eigenvalue weighted by atomic mass is 32.1. The summed E-state index contributed by atoms with van der Waals surface area (Å²) in [6, 6.07) is 10.6. The summed E-state index contributed by atoms with van der Waals surface area (Å²) in [5.41, 5.74) is 0.981. The first-order valence-electron chi connectivity index (χ1n) is 11.8. The number of aryl methyl sites for hydroxylation is 1. The van der Waals surface area contributed by atoms with Gasteiger partial charge in [0.05, 0.1) is 28.8 Å². The third-order valence-electron chi connectivity index (χ3n) is 6.42. The monoisotopic (exact) mass is 540 g/mol. The van der Waals surface area contributed by atoms with Gasteiger partial charge in [0.2, 0.25) is 0 Å². The number of alkyl halides is 3. The number of nitrogens with one attached hydrogen (secondary N) is 1. The van der Waals surface area contributed by atoms with Gasteiger partial charge in [-0.15, -0.1) is 11.3 Å². The SMILES string of the molecule is COC(=O)c1cccc2c1CCC[C@]2(O)c1ncc(-c2cc(C)cc(Nc3cc(C(F)(F)F)ccn3)n2)s1. The van der Waals surface area contributed by atoms with Gasteiger partial charge in [0.1, 0.15) is 22.2 Å². The summed E-state index contributed by atoms with van der Waals surface area (Å²) in [5, 5.41) is 15.1. The number of halogens is 3. The van der Waals surface area contributed by atoms with E-state index in [0.29, 0.717) is 51.8 Å². The van der Waals surface area contributed by atoms with Gasteiger partial charge in [-0.2, -0.15) is 13.2 Å². The number of hydrogen-bond acceptors (Lipinski definition) is 8. The molecule has 1 aliphatic carbocycles. The molecule has 38 heavy (non-hydrogen) atoms. The van der Waals surface area contributed by atoms with Crippen LogP contribution in [0.5, 0.6) is 0 Å². The van der Waals surface area contributed by atoms with Gasteiger partial charge in [-0.25, -0.2) is 19.7 Å². The molecule has 1 aliphatic rings. The van der Waals surface area contributed by atoms with Gasteiger partial charge in [-0.3, -0.25) is 0 Å². The number of benzene rings is 1. The second kappa shape index (κ2) is 9.80. The molecule has 0 aliphatic heterocycles. The van der Waals surface area contributed by atoms with Crippen LogP contribution in [0.15, 0.2) is 54.9 Å².